The lowest BCUT2D eigenvalue weighted by molar-refractivity contribution is 0.788. The van der Waals surface area contributed by atoms with Gasteiger partial charge in [-0.3, -0.25) is 4.68 Å². The second-order valence-corrected chi connectivity index (χ2v) is 2.90. The Morgan fingerprint density at radius 3 is 2.50 bits per heavy atom. The van der Waals surface area contributed by atoms with Gasteiger partial charge in [0.15, 0.2) is 0 Å². The third kappa shape index (κ3) is 0.809. The van der Waals surface area contributed by atoms with Crippen molar-refractivity contribution in [3.8, 4) is 0 Å². The number of rotatable bonds is 0. The molecule has 0 aliphatic rings. The molecular formula is C8H10N4. The lowest BCUT2D eigenvalue weighted by atomic mass is 10.2. The van der Waals surface area contributed by atoms with Crippen molar-refractivity contribution in [3.63, 3.8) is 0 Å². The van der Waals surface area contributed by atoms with E-state index in [0.717, 1.165) is 22.3 Å². The summed E-state index contributed by atoms with van der Waals surface area (Å²) < 4.78 is 1.83. The molecule has 4 nitrogen and oxygen atoms in total. The van der Waals surface area contributed by atoms with Crippen molar-refractivity contribution < 1.29 is 0 Å². The minimum atomic E-state index is 0.926. The van der Waals surface area contributed by atoms with E-state index in [4.69, 9.17) is 0 Å². The zero-order valence-electron chi connectivity index (χ0n) is 7.37. The third-order valence-corrected chi connectivity index (χ3v) is 2.02. The van der Waals surface area contributed by atoms with Crippen LogP contribution in [0.1, 0.15) is 11.4 Å². The van der Waals surface area contributed by atoms with Crippen LogP contribution in [-0.2, 0) is 7.05 Å². The van der Waals surface area contributed by atoms with Gasteiger partial charge in [0, 0.05) is 12.4 Å². The smallest absolute Gasteiger partial charge is 0.0928 e. The van der Waals surface area contributed by atoms with Crippen LogP contribution in [0.4, 0.5) is 0 Å². The van der Waals surface area contributed by atoms with Crippen molar-refractivity contribution in [2.45, 2.75) is 13.8 Å². The molecule has 0 bridgehead atoms. The van der Waals surface area contributed by atoms with Gasteiger partial charge in [-0.1, -0.05) is 0 Å². The van der Waals surface area contributed by atoms with Crippen LogP contribution in [0.5, 0.6) is 0 Å². The van der Waals surface area contributed by atoms with Gasteiger partial charge in [-0.25, -0.2) is 0 Å². The van der Waals surface area contributed by atoms with Gasteiger partial charge in [0.25, 0.3) is 0 Å². The Labute approximate surface area is 70.2 Å². The lowest BCUT2D eigenvalue weighted by Crippen LogP contribution is -1.96. The van der Waals surface area contributed by atoms with Gasteiger partial charge in [-0.05, 0) is 13.8 Å². The van der Waals surface area contributed by atoms with E-state index in [1.807, 2.05) is 31.8 Å². The first-order valence-electron chi connectivity index (χ1n) is 3.81. The summed E-state index contributed by atoms with van der Waals surface area (Å²) in [4.78, 5) is 0. The maximum Gasteiger partial charge on any atom is 0.0928 e. The van der Waals surface area contributed by atoms with Gasteiger partial charge < -0.3 is 0 Å². The molecule has 0 aromatic carbocycles. The molecule has 0 saturated heterocycles. The number of hydrogen-bond acceptors (Lipinski definition) is 3. The molecule has 0 spiro atoms. The number of nitrogens with zero attached hydrogens (tertiary/aromatic N) is 4. The van der Waals surface area contributed by atoms with Gasteiger partial charge in [-0.2, -0.15) is 15.3 Å². The molecule has 0 aliphatic carbocycles. The fourth-order valence-electron chi connectivity index (χ4n) is 1.38. The highest BCUT2D eigenvalue weighted by atomic mass is 15.3. The molecular weight excluding hydrogens is 152 g/mol. The quantitative estimate of drug-likeness (QED) is 0.580. The van der Waals surface area contributed by atoms with E-state index in [-0.39, 0.29) is 0 Å². The Morgan fingerprint density at radius 1 is 1.17 bits per heavy atom. The topological polar surface area (TPSA) is 43.6 Å². The van der Waals surface area contributed by atoms with Gasteiger partial charge in [0.05, 0.1) is 23.1 Å². The molecule has 0 unspecified atom stereocenters. The second kappa shape index (κ2) is 2.27. The first-order chi connectivity index (χ1) is 5.70. The maximum atomic E-state index is 4.15. The standard InChI is InChI=1S/C8H10N4/c1-5-7-4-9-12(3)8(7)6(2)11-10-5/h4H,1-3H3. The summed E-state index contributed by atoms with van der Waals surface area (Å²) in [6, 6.07) is 0. The summed E-state index contributed by atoms with van der Waals surface area (Å²) >= 11 is 0. The molecule has 2 rings (SSSR count). The number of aromatic nitrogens is 4. The molecule has 0 amide bonds. The van der Waals surface area contributed by atoms with E-state index in [1.165, 1.54) is 0 Å². The van der Waals surface area contributed by atoms with Crippen LogP contribution in [0.2, 0.25) is 0 Å². The van der Waals surface area contributed by atoms with Gasteiger partial charge >= 0.3 is 0 Å². The molecule has 0 fully saturated rings. The highest BCUT2D eigenvalue weighted by Gasteiger charge is 2.06. The zero-order chi connectivity index (χ0) is 8.72. The zero-order valence-corrected chi connectivity index (χ0v) is 7.37. The molecule has 2 aromatic rings. The summed E-state index contributed by atoms with van der Waals surface area (Å²) in [6.45, 7) is 3.88. The molecule has 12 heavy (non-hydrogen) atoms. The van der Waals surface area contributed by atoms with Gasteiger partial charge in [0.1, 0.15) is 0 Å². The normalized spacial score (nSPS) is 10.9. The number of hydrogen-bond donors (Lipinski definition) is 0. The lowest BCUT2D eigenvalue weighted by Gasteiger charge is -1.98. The predicted octanol–water partition coefficient (Wildman–Crippen LogP) is 0.980. The first-order valence-corrected chi connectivity index (χ1v) is 3.81. The van der Waals surface area contributed by atoms with Crippen molar-refractivity contribution in [2.24, 2.45) is 7.05 Å². The Balaban J connectivity index is 2.98. The van der Waals surface area contributed by atoms with E-state index in [2.05, 4.69) is 15.3 Å². The highest BCUT2D eigenvalue weighted by Crippen LogP contribution is 2.16. The molecule has 0 N–H and O–H groups in total. The van der Waals surface area contributed by atoms with Crippen LogP contribution in [0.15, 0.2) is 6.20 Å². The Hall–Kier alpha value is -1.45. The molecule has 0 radical (unpaired) electrons. The molecule has 2 heterocycles. The second-order valence-electron chi connectivity index (χ2n) is 2.90. The van der Waals surface area contributed by atoms with Gasteiger partial charge in [-0.15, -0.1) is 0 Å². The number of fused-ring (bicyclic) bond motifs is 1. The monoisotopic (exact) mass is 162 g/mol. The van der Waals surface area contributed by atoms with E-state index >= 15 is 0 Å². The Morgan fingerprint density at radius 2 is 1.83 bits per heavy atom. The minimum Gasteiger partial charge on any atom is -0.266 e. The van der Waals surface area contributed by atoms with Crippen molar-refractivity contribution in [1.29, 1.82) is 0 Å². The van der Waals surface area contributed by atoms with Crippen LogP contribution in [-0.4, -0.2) is 20.0 Å². The average Bonchev–Trinajstić information content (AvgIpc) is 2.42. The highest BCUT2D eigenvalue weighted by molar-refractivity contribution is 5.82. The summed E-state index contributed by atoms with van der Waals surface area (Å²) in [5.41, 5.74) is 2.93. The van der Waals surface area contributed by atoms with Crippen molar-refractivity contribution in [1.82, 2.24) is 20.0 Å². The minimum absolute atomic E-state index is 0.926. The molecule has 62 valence electrons. The van der Waals surface area contributed by atoms with Crippen LogP contribution >= 0.6 is 0 Å². The molecule has 4 heteroatoms. The molecule has 0 aliphatic heterocycles. The first kappa shape index (κ1) is 7.21. The Kier molecular flexibility index (Phi) is 1.36. The predicted molar refractivity (Wildman–Crippen MR) is 45.8 cm³/mol. The van der Waals surface area contributed by atoms with E-state index in [9.17, 15) is 0 Å². The van der Waals surface area contributed by atoms with Crippen molar-refractivity contribution >= 4 is 10.9 Å². The van der Waals surface area contributed by atoms with E-state index in [0.29, 0.717) is 0 Å². The molecule has 0 atom stereocenters. The van der Waals surface area contributed by atoms with Crippen LogP contribution in [0.3, 0.4) is 0 Å². The molecule has 0 saturated carbocycles. The fraction of sp³-hybridized carbons (Fsp3) is 0.375. The van der Waals surface area contributed by atoms with Crippen molar-refractivity contribution in [2.75, 3.05) is 0 Å². The summed E-state index contributed by atoms with van der Waals surface area (Å²) in [7, 11) is 1.91. The summed E-state index contributed by atoms with van der Waals surface area (Å²) in [5.74, 6) is 0. The van der Waals surface area contributed by atoms with Crippen molar-refractivity contribution in [3.05, 3.63) is 17.6 Å². The van der Waals surface area contributed by atoms with Crippen LogP contribution in [0, 0.1) is 13.8 Å². The van der Waals surface area contributed by atoms with E-state index < -0.39 is 0 Å². The van der Waals surface area contributed by atoms with Crippen LogP contribution in [0.25, 0.3) is 10.9 Å². The third-order valence-electron chi connectivity index (χ3n) is 2.02. The Bertz CT molecular complexity index is 430. The van der Waals surface area contributed by atoms with Gasteiger partial charge in [0.2, 0.25) is 0 Å². The van der Waals surface area contributed by atoms with E-state index in [1.54, 1.807) is 0 Å². The number of aryl methyl sites for hydroxylation is 3. The summed E-state index contributed by atoms with van der Waals surface area (Å²) in [5, 5.41) is 13.3. The molecule has 2 aromatic heterocycles. The largest absolute Gasteiger partial charge is 0.266 e. The summed E-state index contributed by atoms with van der Waals surface area (Å²) in [6.07, 6.45) is 1.83. The maximum absolute atomic E-state index is 4.15. The average molecular weight is 162 g/mol. The SMILES string of the molecule is Cc1nnc(C)c2c1cnn2C. The van der Waals surface area contributed by atoms with Crippen LogP contribution < -0.4 is 0 Å². The fourth-order valence-corrected chi connectivity index (χ4v) is 1.38.